The molecule has 0 N–H and O–H groups in total. The van der Waals surface area contributed by atoms with Gasteiger partial charge in [-0.2, -0.15) is 4.31 Å². The lowest BCUT2D eigenvalue weighted by Gasteiger charge is -2.41. The monoisotopic (exact) mass is 580 g/mol. The molecular formula is C26H30Cl2N4O5S. The largest absolute Gasteiger partial charge is 0.369 e. The fraction of sp³-hybridized carbons (Fsp3) is 0.423. The number of piperazine rings is 1. The third kappa shape index (κ3) is 6.34. The van der Waals surface area contributed by atoms with E-state index in [4.69, 9.17) is 37.4 Å². The Kier molecular flexibility index (Phi) is 8.30. The van der Waals surface area contributed by atoms with Gasteiger partial charge in [-0.05, 0) is 29.8 Å². The summed E-state index contributed by atoms with van der Waals surface area (Å²) < 4.78 is 45.6. The lowest BCUT2D eigenvalue weighted by atomic mass is 10.0. The number of nitrogens with zero attached hydrogens (tertiary/aromatic N) is 4. The molecule has 0 saturated carbocycles. The standard InChI is InChI=1S/C26H30Cl2N4O5S/c1-38(33,34)32-12-10-31(11-13-32)22-5-2-20(3-6-22)15-35-23-16-36-26(37-17-23,18-30-9-8-29-19-30)24-7-4-21(27)14-25(24)28/h2-9,14,19,23H,10-13,15-18H2,1H3. The summed E-state index contributed by atoms with van der Waals surface area (Å²) in [5, 5.41) is 1.01. The van der Waals surface area contributed by atoms with Gasteiger partial charge < -0.3 is 23.7 Å². The van der Waals surface area contributed by atoms with Crippen LogP contribution in [0.25, 0.3) is 0 Å². The summed E-state index contributed by atoms with van der Waals surface area (Å²) in [6.45, 7) is 3.77. The van der Waals surface area contributed by atoms with Crippen LogP contribution >= 0.6 is 23.2 Å². The van der Waals surface area contributed by atoms with Crippen molar-refractivity contribution < 1.29 is 22.6 Å². The summed E-state index contributed by atoms with van der Waals surface area (Å²) in [7, 11) is -3.14. The van der Waals surface area contributed by atoms with Crippen molar-refractivity contribution in [2.45, 2.75) is 25.0 Å². The molecule has 0 aliphatic carbocycles. The first-order chi connectivity index (χ1) is 18.2. The SMILES string of the molecule is CS(=O)(=O)N1CCN(c2ccc(COC3COC(Cn4ccnc4)(c4ccc(Cl)cc4Cl)OC3)cc2)CC1. The summed E-state index contributed by atoms with van der Waals surface area (Å²) in [6.07, 6.45) is 6.26. The first kappa shape index (κ1) is 27.4. The number of aromatic nitrogens is 2. The van der Waals surface area contributed by atoms with E-state index in [-0.39, 0.29) is 6.10 Å². The fourth-order valence-electron chi connectivity index (χ4n) is 4.69. The lowest BCUT2D eigenvalue weighted by Crippen LogP contribution is -2.48. The molecule has 2 aliphatic heterocycles. The van der Waals surface area contributed by atoms with Crippen LogP contribution in [0.15, 0.2) is 61.2 Å². The van der Waals surface area contributed by atoms with Gasteiger partial charge in [-0.15, -0.1) is 0 Å². The van der Waals surface area contributed by atoms with Crippen LogP contribution in [0.4, 0.5) is 5.69 Å². The predicted octanol–water partition coefficient (Wildman–Crippen LogP) is 3.76. The van der Waals surface area contributed by atoms with E-state index in [0.29, 0.717) is 68.2 Å². The third-order valence-corrected chi connectivity index (χ3v) is 8.64. The second-order valence-corrected chi connectivity index (χ2v) is 12.3. The number of benzene rings is 2. The minimum atomic E-state index is -3.14. The van der Waals surface area contributed by atoms with Crippen molar-refractivity contribution in [1.29, 1.82) is 0 Å². The van der Waals surface area contributed by atoms with E-state index < -0.39 is 15.8 Å². The predicted molar refractivity (Wildman–Crippen MR) is 146 cm³/mol. The highest BCUT2D eigenvalue weighted by atomic mass is 35.5. The molecule has 0 unspecified atom stereocenters. The van der Waals surface area contributed by atoms with Crippen molar-refractivity contribution in [2.75, 3.05) is 50.5 Å². The van der Waals surface area contributed by atoms with Crippen LogP contribution in [0.5, 0.6) is 0 Å². The molecule has 204 valence electrons. The van der Waals surface area contributed by atoms with E-state index in [9.17, 15) is 8.42 Å². The quantitative estimate of drug-likeness (QED) is 0.401. The second kappa shape index (κ2) is 11.5. The maximum atomic E-state index is 11.7. The molecule has 5 rings (SSSR count). The Morgan fingerprint density at radius 3 is 2.37 bits per heavy atom. The highest BCUT2D eigenvalue weighted by Crippen LogP contribution is 2.38. The molecule has 2 aliphatic rings. The van der Waals surface area contributed by atoms with Gasteiger partial charge in [0.2, 0.25) is 15.8 Å². The average molecular weight is 582 g/mol. The van der Waals surface area contributed by atoms with Gasteiger partial charge in [-0.25, -0.2) is 13.4 Å². The van der Waals surface area contributed by atoms with Crippen molar-refractivity contribution in [3.05, 3.63) is 82.4 Å². The van der Waals surface area contributed by atoms with Gasteiger partial charge >= 0.3 is 0 Å². The van der Waals surface area contributed by atoms with Gasteiger partial charge in [0, 0.05) is 54.8 Å². The number of ether oxygens (including phenoxy) is 3. The van der Waals surface area contributed by atoms with Crippen LogP contribution in [0, 0.1) is 0 Å². The fourth-order valence-corrected chi connectivity index (χ4v) is 6.07. The maximum absolute atomic E-state index is 11.7. The van der Waals surface area contributed by atoms with Gasteiger partial charge in [-0.3, -0.25) is 0 Å². The zero-order chi connectivity index (χ0) is 26.8. The first-order valence-corrected chi connectivity index (χ1v) is 14.9. The Morgan fingerprint density at radius 2 is 1.76 bits per heavy atom. The summed E-state index contributed by atoms with van der Waals surface area (Å²) in [6, 6.07) is 13.4. The third-order valence-electron chi connectivity index (χ3n) is 6.79. The molecule has 38 heavy (non-hydrogen) atoms. The van der Waals surface area contributed by atoms with Crippen LogP contribution in [0.3, 0.4) is 0 Å². The summed E-state index contributed by atoms with van der Waals surface area (Å²) in [5.41, 5.74) is 2.79. The summed E-state index contributed by atoms with van der Waals surface area (Å²) >= 11 is 12.6. The molecular weight excluding hydrogens is 551 g/mol. The molecule has 0 spiro atoms. The van der Waals surface area contributed by atoms with Crippen LogP contribution in [-0.2, 0) is 43.2 Å². The molecule has 2 saturated heterocycles. The van der Waals surface area contributed by atoms with Gasteiger partial charge in [-0.1, -0.05) is 41.4 Å². The zero-order valence-corrected chi connectivity index (χ0v) is 23.3. The van der Waals surface area contributed by atoms with E-state index in [2.05, 4.69) is 9.88 Å². The normalized spacial score (nSPS) is 23.0. The van der Waals surface area contributed by atoms with Crippen LogP contribution in [-0.4, -0.2) is 74.0 Å². The first-order valence-electron chi connectivity index (χ1n) is 12.3. The van der Waals surface area contributed by atoms with Gasteiger partial charge in [0.1, 0.15) is 6.10 Å². The molecule has 0 bridgehead atoms. The zero-order valence-electron chi connectivity index (χ0n) is 21.0. The number of hydrogen-bond donors (Lipinski definition) is 0. The molecule has 3 heterocycles. The minimum absolute atomic E-state index is 0.249. The minimum Gasteiger partial charge on any atom is -0.369 e. The van der Waals surface area contributed by atoms with E-state index >= 15 is 0 Å². The topological polar surface area (TPSA) is 86.1 Å². The maximum Gasteiger partial charge on any atom is 0.215 e. The second-order valence-electron chi connectivity index (χ2n) is 9.48. The molecule has 9 nitrogen and oxygen atoms in total. The van der Waals surface area contributed by atoms with Crippen molar-refractivity contribution in [3.8, 4) is 0 Å². The number of halogens is 2. The molecule has 0 amide bonds. The molecule has 12 heteroatoms. The molecule has 1 aromatic heterocycles. The average Bonchev–Trinajstić information content (AvgIpc) is 3.41. The van der Waals surface area contributed by atoms with Crippen molar-refractivity contribution in [2.24, 2.45) is 0 Å². The van der Waals surface area contributed by atoms with E-state index in [0.717, 1.165) is 11.3 Å². The number of imidazole rings is 1. The highest BCUT2D eigenvalue weighted by Gasteiger charge is 2.42. The Balaban J connectivity index is 1.17. The highest BCUT2D eigenvalue weighted by molar-refractivity contribution is 7.88. The molecule has 3 aromatic rings. The number of anilines is 1. The molecule has 0 atom stereocenters. The van der Waals surface area contributed by atoms with Crippen LogP contribution in [0.2, 0.25) is 10.0 Å². The van der Waals surface area contributed by atoms with Crippen LogP contribution in [0.1, 0.15) is 11.1 Å². The molecule has 2 aromatic carbocycles. The molecule has 2 fully saturated rings. The summed E-state index contributed by atoms with van der Waals surface area (Å²) in [4.78, 5) is 6.31. The van der Waals surface area contributed by atoms with Gasteiger partial charge in [0.25, 0.3) is 0 Å². The lowest BCUT2D eigenvalue weighted by molar-refractivity contribution is -0.313. The number of rotatable bonds is 8. The number of hydrogen-bond acceptors (Lipinski definition) is 7. The summed E-state index contributed by atoms with van der Waals surface area (Å²) in [5.74, 6) is -1.09. The van der Waals surface area contributed by atoms with E-state index in [1.807, 2.05) is 41.1 Å². The Bertz CT molecular complexity index is 1320. The van der Waals surface area contributed by atoms with Gasteiger partial charge in [0.15, 0.2) is 0 Å². The van der Waals surface area contributed by atoms with Gasteiger partial charge in [0.05, 0.1) is 44.0 Å². The Morgan fingerprint density at radius 1 is 1.05 bits per heavy atom. The van der Waals surface area contributed by atoms with Crippen molar-refractivity contribution >= 4 is 38.9 Å². The van der Waals surface area contributed by atoms with Crippen LogP contribution < -0.4 is 4.90 Å². The van der Waals surface area contributed by atoms with E-state index in [1.165, 1.54) is 10.6 Å². The van der Waals surface area contributed by atoms with Crippen molar-refractivity contribution in [1.82, 2.24) is 13.9 Å². The number of sulfonamides is 1. The van der Waals surface area contributed by atoms with E-state index in [1.54, 1.807) is 24.7 Å². The molecule has 0 radical (unpaired) electrons. The van der Waals surface area contributed by atoms with Crippen molar-refractivity contribution in [3.63, 3.8) is 0 Å². The Hall–Kier alpha value is -2.18. The smallest absolute Gasteiger partial charge is 0.215 e. The Labute approximate surface area is 232 Å².